The van der Waals surface area contributed by atoms with Crippen LogP contribution in [0.1, 0.15) is 49.1 Å². The predicted octanol–water partition coefficient (Wildman–Crippen LogP) is 2.50. The number of fused-ring (bicyclic) bond motifs is 1. The Labute approximate surface area is 164 Å². The number of imidazole rings is 1. The lowest BCUT2D eigenvalue weighted by molar-refractivity contribution is -0.126. The van der Waals surface area contributed by atoms with Crippen molar-refractivity contribution in [1.29, 1.82) is 0 Å². The summed E-state index contributed by atoms with van der Waals surface area (Å²) in [7, 11) is 0. The highest BCUT2D eigenvalue weighted by Gasteiger charge is 2.36. The molecule has 1 aliphatic heterocycles. The molecule has 7 nitrogen and oxygen atoms in total. The van der Waals surface area contributed by atoms with E-state index in [1.165, 1.54) is 6.42 Å². The van der Waals surface area contributed by atoms with Gasteiger partial charge in [-0.25, -0.2) is 9.78 Å². The monoisotopic (exact) mass is 381 g/mol. The van der Waals surface area contributed by atoms with E-state index in [1.807, 2.05) is 30.3 Å². The van der Waals surface area contributed by atoms with Crippen molar-refractivity contribution < 1.29 is 9.59 Å². The Balaban J connectivity index is 1.45. The van der Waals surface area contributed by atoms with Gasteiger partial charge in [-0.15, -0.1) is 0 Å². The summed E-state index contributed by atoms with van der Waals surface area (Å²) in [6, 6.07) is 9.28. The van der Waals surface area contributed by atoms with Gasteiger partial charge in [0.2, 0.25) is 5.91 Å². The summed E-state index contributed by atoms with van der Waals surface area (Å²) >= 11 is 0. The molecule has 0 bridgehead atoms. The molecule has 28 heavy (non-hydrogen) atoms. The zero-order valence-electron chi connectivity index (χ0n) is 16.0. The topological polar surface area (TPSA) is 90.1 Å². The average Bonchev–Trinajstić information content (AvgIpc) is 3.20. The van der Waals surface area contributed by atoms with Gasteiger partial charge >= 0.3 is 6.03 Å². The Morgan fingerprint density at radius 3 is 2.71 bits per heavy atom. The lowest BCUT2D eigenvalue weighted by atomic mass is 9.95. The third-order valence-corrected chi connectivity index (χ3v) is 5.70. The van der Waals surface area contributed by atoms with Crippen molar-refractivity contribution in [3.63, 3.8) is 0 Å². The molecule has 148 valence electrons. The van der Waals surface area contributed by atoms with Crippen molar-refractivity contribution >= 4 is 11.9 Å². The number of aromatic amines is 1. The number of aromatic nitrogens is 2. The van der Waals surface area contributed by atoms with Crippen LogP contribution in [-0.4, -0.2) is 38.9 Å². The summed E-state index contributed by atoms with van der Waals surface area (Å²) in [5, 5.41) is 6.12. The van der Waals surface area contributed by atoms with E-state index in [-0.39, 0.29) is 18.0 Å². The Hall–Kier alpha value is -2.83. The van der Waals surface area contributed by atoms with Crippen molar-refractivity contribution in [3.8, 4) is 0 Å². The van der Waals surface area contributed by atoms with Crippen LogP contribution in [-0.2, 0) is 24.3 Å². The molecule has 1 aromatic carbocycles. The Bertz CT molecular complexity index is 813. The number of nitrogens with zero attached hydrogens (tertiary/aromatic N) is 2. The number of benzene rings is 1. The van der Waals surface area contributed by atoms with Gasteiger partial charge in [-0.05, 0) is 18.4 Å². The van der Waals surface area contributed by atoms with E-state index in [1.54, 1.807) is 11.2 Å². The molecule has 2 aliphatic rings. The normalized spacial score (nSPS) is 19.7. The summed E-state index contributed by atoms with van der Waals surface area (Å²) in [4.78, 5) is 35.0. The minimum atomic E-state index is -0.553. The second-order valence-corrected chi connectivity index (χ2v) is 7.66. The molecule has 0 saturated heterocycles. The average molecular weight is 381 g/mol. The Kier molecular flexibility index (Phi) is 5.60. The van der Waals surface area contributed by atoms with Crippen LogP contribution >= 0.6 is 0 Å². The van der Waals surface area contributed by atoms with Gasteiger partial charge in [-0.1, -0.05) is 49.6 Å². The van der Waals surface area contributed by atoms with E-state index >= 15 is 0 Å². The van der Waals surface area contributed by atoms with Gasteiger partial charge in [-0.2, -0.15) is 0 Å². The fraction of sp³-hybridized carbons (Fsp3) is 0.476. The van der Waals surface area contributed by atoms with Crippen molar-refractivity contribution in [2.75, 3.05) is 0 Å². The van der Waals surface area contributed by atoms with Crippen LogP contribution in [0.2, 0.25) is 0 Å². The van der Waals surface area contributed by atoms with E-state index in [0.29, 0.717) is 19.5 Å². The van der Waals surface area contributed by atoms with Gasteiger partial charge in [-0.3, -0.25) is 4.79 Å². The number of amides is 3. The van der Waals surface area contributed by atoms with E-state index < -0.39 is 6.04 Å². The molecule has 3 N–H and O–H groups in total. The number of urea groups is 1. The standard InChI is InChI=1S/C21H27N5O2/c27-20(22-12-15-7-3-1-4-8-15)19-11-17-18(24-14-23-17)13-26(19)21(28)25-16-9-5-2-6-10-16/h1,3-4,7-8,14,16,19H,2,5-6,9-13H2,(H,22,27)(H,23,24)(H,25,28)/t19-/m0/s1. The van der Waals surface area contributed by atoms with Crippen LogP contribution in [0.4, 0.5) is 4.79 Å². The molecule has 0 spiro atoms. The molecular weight excluding hydrogens is 354 g/mol. The third-order valence-electron chi connectivity index (χ3n) is 5.70. The van der Waals surface area contributed by atoms with Crippen LogP contribution in [0.25, 0.3) is 0 Å². The predicted molar refractivity (Wildman–Crippen MR) is 105 cm³/mol. The van der Waals surface area contributed by atoms with Crippen molar-refractivity contribution in [2.45, 2.75) is 63.7 Å². The SMILES string of the molecule is O=C(NCc1ccccc1)[C@@H]1Cc2nc[nH]c2CN1C(=O)NC1CCCCC1. The molecule has 1 atom stereocenters. The molecule has 0 unspecified atom stereocenters. The molecule has 7 heteroatoms. The number of carbonyl (C=O) groups is 2. The van der Waals surface area contributed by atoms with Crippen LogP contribution in [0.5, 0.6) is 0 Å². The Morgan fingerprint density at radius 1 is 1.14 bits per heavy atom. The van der Waals surface area contributed by atoms with E-state index in [9.17, 15) is 9.59 Å². The van der Waals surface area contributed by atoms with Crippen molar-refractivity contribution in [1.82, 2.24) is 25.5 Å². The minimum Gasteiger partial charge on any atom is -0.350 e. The maximum Gasteiger partial charge on any atom is 0.318 e. The second kappa shape index (κ2) is 8.46. The molecule has 2 heterocycles. The van der Waals surface area contributed by atoms with Gasteiger partial charge in [0.05, 0.1) is 24.3 Å². The van der Waals surface area contributed by atoms with Crippen molar-refractivity contribution in [3.05, 3.63) is 53.6 Å². The number of H-pyrrole nitrogens is 1. The van der Waals surface area contributed by atoms with Gasteiger partial charge in [0.25, 0.3) is 0 Å². The smallest absolute Gasteiger partial charge is 0.318 e. The first kappa shape index (κ1) is 18.5. The molecule has 0 radical (unpaired) electrons. The summed E-state index contributed by atoms with van der Waals surface area (Å²) in [6.45, 7) is 0.818. The number of hydrogen-bond acceptors (Lipinski definition) is 3. The van der Waals surface area contributed by atoms with Crippen LogP contribution < -0.4 is 10.6 Å². The molecule has 1 fully saturated rings. The highest BCUT2D eigenvalue weighted by Crippen LogP contribution is 2.23. The van der Waals surface area contributed by atoms with Gasteiger partial charge in [0.15, 0.2) is 0 Å². The molecule has 4 rings (SSSR count). The summed E-state index contributed by atoms with van der Waals surface area (Å²) < 4.78 is 0. The highest BCUT2D eigenvalue weighted by atomic mass is 16.2. The van der Waals surface area contributed by atoms with Crippen LogP contribution in [0.3, 0.4) is 0 Å². The van der Waals surface area contributed by atoms with Crippen molar-refractivity contribution in [2.24, 2.45) is 0 Å². The fourth-order valence-corrected chi connectivity index (χ4v) is 4.09. The van der Waals surface area contributed by atoms with E-state index in [4.69, 9.17) is 0 Å². The van der Waals surface area contributed by atoms with Gasteiger partial charge in [0.1, 0.15) is 6.04 Å². The first-order chi connectivity index (χ1) is 13.7. The molecule has 1 saturated carbocycles. The molecule has 1 aromatic heterocycles. The third kappa shape index (κ3) is 4.18. The number of hydrogen-bond donors (Lipinski definition) is 3. The fourth-order valence-electron chi connectivity index (χ4n) is 4.09. The summed E-state index contributed by atoms with van der Waals surface area (Å²) in [5.74, 6) is -0.142. The number of nitrogens with one attached hydrogen (secondary N) is 3. The Morgan fingerprint density at radius 2 is 1.93 bits per heavy atom. The zero-order chi connectivity index (χ0) is 19.3. The lowest BCUT2D eigenvalue weighted by Crippen LogP contribution is -2.56. The minimum absolute atomic E-state index is 0.142. The van der Waals surface area contributed by atoms with Crippen LogP contribution in [0, 0.1) is 0 Å². The number of rotatable bonds is 4. The van der Waals surface area contributed by atoms with Gasteiger partial charge < -0.3 is 20.5 Å². The summed E-state index contributed by atoms with van der Waals surface area (Å²) in [6.07, 6.45) is 7.62. The first-order valence-corrected chi connectivity index (χ1v) is 10.1. The maximum absolute atomic E-state index is 13.0. The van der Waals surface area contributed by atoms with E-state index in [0.717, 1.165) is 42.6 Å². The highest BCUT2D eigenvalue weighted by molar-refractivity contribution is 5.87. The maximum atomic E-state index is 13.0. The first-order valence-electron chi connectivity index (χ1n) is 10.1. The van der Waals surface area contributed by atoms with E-state index in [2.05, 4.69) is 20.6 Å². The molecular formula is C21H27N5O2. The quantitative estimate of drug-likeness (QED) is 0.760. The largest absolute Gasteiger partial charge is 0.350 e. The molecule has 1 aliphatic carbocycles. The lowest BCUT2D eigenvalue weighted by Gasteiger charge is -2.35. The zero-order valence-corrected chi connectivity index (χ0v) is 16.0. The second-order valence-electron chi connectivity index (χ2n) is 7.66. The molecule has 3 amide bonds. The van der Waals surface area contributed by atoms with Crippen LogP contribution in [0.15, 0.2) is 36.7 Å². The van der Waals surface area contributed by atoms with Gasteiger partial charge in [0, 0.05) is 19.0 Å². The number of carbonyl (C=O) groups excluding carboxylic acids is 2. The summed E-state index contributed by atoms with van der Waals surface area (Å²) in [5.41, 5.74) is 2.80. The molecule has 2 aromatic rings.